The molecular weight excluding hydrogens is 298 g/mol. The third-order valence-electron chi connectivity index (χ3n) is 2.50. The lowest BCUT2D eigenvalue weighted by Gasteiger charge is -1.85. The molecule has 0 aromatic carbocycles. The summed E-state index contributed by atoms with van der Waals surface area (Å²) in [6.07, 6.45) is 14.1. The van der Waals surface area contributed by atoms with Crippen LogP contribution >= 0.6 is 11.6 Å². The largest absolute Gasteiger partial charge is 0.265 e. The van der Waals surface area contributed by atoms with E-state index in [0.717, 1.165) is 17.3 Å². The standard InChI is InChI=1S/C6H4N4.C5H11Cl.C5H5N/c1-3-7-9-5(1)6-2-4-8-10-6;1-2-3-4-5-6;1-2-4-6-5-3-1/h1-4H;2-5H2,1H3;1-5H. The molecule has 0 bridgehead atoms. The van der Waals surface area contributed by atoms with Crippen molar-refractivity contribution in [1.29, 1.82) is 0 Å². The summed E-state index contributed by atoms with van der Waals surface area (Å²) in [5, 5.41) is 14.9. The minimum absolute atomic E-state index is 0.775. The van der Waals surface area contributed by atoms with E-state index in [4.69, 9.17) is 11.6 Å². The van der Waals surface area contributed by atoms with Gasteiger partial charge in [0.25, 0.3) is 0 Å². The molecule has 6 heteroatoms. The molecule has 0 unspecified atom stereocenters. The molecule has 0 fully saturated rings. The molecule has 2 aliphatic rings. The van der Waals surface area contributed by atoms with E-state index < -0.39 is 0 Å². The van der Waals surface area contributed by atoms with Crippen molar-refractivity contribution in [3.8, 4) is 0 Å². The number of azo groups is 2. The van der Waals surface area contributed by atoms with Gasteiger partial charge in [0.1, 0.15) is 11.4 Å². The third kappa shape index (κ3) is 8.21. The number of allylic oxidation sites excluding steroid dienone is 2. The van der Waals surface area contributed by atoms with Gasteiger partial charge in [0.2, 0.25) is 0 Å². The zero-order chi connectivity index (χ0) is 15.9. The first kappa shape index (κ1) is 17.9. The first-order valence-corrected chi connectivity index (χ1v) is 7.72. The molecule has 1 aromatic rings. The monoisotopic (exact) mass is 317 g/mol. The molecule has 3 heterocycles. The number of rotatable bonds is 3. The van der Waals surface area contributed by atoms with E-state index in [0.29, 0.717) is 0 Å². The first-order valence-electron chi connectivity index (χ1n) is 7.18. The molecule has 0 radical (unpaired) electrons. The minimum atomic E-state index is 0.775. The molecule has 0 saturated carbocycles. The molecule has 5 nitrogen and oxygen atoms in total. The van der Waals surface area contributed by atoms with Crippen LogP contribution in [-0.4, -0.2) is 10.9 Å². The minimum Gasteiger partial charge on any atom is -0.265 e. The predicted molar refractivity (Wildman–Crippen MR) is 89.5 cm³/mol. The Bertz CT molecular complexity index is 458. The van der Waals surface area contributed by atoms with Crippen molar-refractivity contribution < 1.29 is 0 Å². The van der Waals surface area contributed by atoms with E-state index in [2.05, 4.69) is 32.4 Å². The Kier molecular flexibility index (Phi) is 10.2. The summed E-state index contributed by atoms with van der Waals surface area (Å²) in [6, 6.07) is 5.72. The van der Waals surface area contributed by atoms with Crippen LogP contribution in [-0.2, 0) is 0 Å². The highest BCUT2D eigenvalue weighted by molar-refractivity contribution is 6.17. The fourth-order valence-electron chi connectivity index (χ4n) is 1.40. The lowest BCUT2D eigenvalue weighted by atomic mass is 10.3. The molecular formula is C16H20ClN5. The van der Waals surface area contributed by atoms with Crippen LogP contribution in [0.2, 0.25) is 0 Å². The Morgan fingerprint density at radius 2 is 1.45 bits per heavy atom. The van der Waals surface area contributed by atoms with E-state index in [1.54, 1.807) is 36.9 Å². The number of nitrogens with zero attached hydrogens (tertiary/aromatic N) is 5. The molecule has 0 saturated heterocycles. The summed E-state index contributed by atoms with van der Waals surface area (Å²) >= 11 is 5.38. The Morgan fingerprint density at radius 1 is 0.864 bits per heavy atom. The summed E-state index contributed by atoms with van der Waals surface area (Å²) in [4.78, 5) is 3.78. The number of pyridine rings is 1. The number of halogens is 1. The highest BCUT2D eigenvalue weighted by Gasteiger charge is 2.04. The maximum absolute atomic E-state index is 5.38. The topological polar surface area (TPSA) is 62.3 Å². The van der Waals surface area contributed by atoms with Gasteiger partial charge in [-0.3, -0.25) is 4.98 Å². The lowest BCUT2D eigenvalue weighted by Crippen LogP contribution is -1.72. The zero-order valence-corrected chi connectivity index (χ0v) is 13.4. The number of unbranched alkanes of at least 4 members (excludes halogenated alkanes) is 2. The van der Waals surface area contributed by atoms with Gasteiger partial charge in [-0.2, -0.15) is 10.2 Å². The Morgan fingerprint density at radius 3 is 1.68 bits per heavy atom. The van der Waals surface area contributed by atoms with Gasteiger partial charge in [-0.15, -0.1) is 21.8 Å². The normalized spacial score (nSPS) is 17.0. The van der Waals surface area contributed by atoms with Crippen molar-refractivity contribution in [1.82, 2.24) is 4.98 Å². The molecule has 0 aliphatic carbocycles. The van der Waals surface area contributed by atoms with Crippen LogP contribution in [0.5, 0.6) is 0 Å². The van der Waals surface area contributed by atoms with Gasteiger partial charge in [0.05, 0.1) is 12.4 Å². The van der Waals surface area contributed by atoms with Crippen LogP contribution in [0, 0.1) is 0 Å². The smallest absolute Gasteiger partial charge is 0.115 e. The van der Waals surface area contributed by atoms with Gasteiger partial charge in [-0.05, 0) is 30.7 Å². The second-order valence-corrected chi connectivity index (χ2v) is 4.63. The van der Waals surface area contributed by atoms with Crippen molar-refractivity contribution >= 4 is 11.6 Å². The number of alkyl halides is 1. The molecule has 3 rings (SSSR count). The van der Waals surface area contributed by atoms with Crippen molar-refractivity contribution in [2.45, 2.75) is 26.2 Å². The first-order chi connectivity index (χ1) is 10.9. The van der Waals surface area contributed by atoms with Crippen molar-refractivity contribution in [3.05, 3.63) is 66.5 Å². The van der Waals surface area contributed by atoms with E-state index in [1.165, 1.54) is 19.3 Å². The molecule has 1 aromatic heterocycles. The van der Waals surface area contributed by atoms with E-state index in [-0.39, 0.29) is 0 Å². The Balaban J connectivity index is 0.000000176. The SMILES string of the molecule is C1=CC(=C2C=CN=N2)N=N1.CCCCCCl.c1ccncc1. The van der Waals surface area contributed by atoms with Gasteiger partial charge in [0.15, 0.2) is 0 Å². The Hall–Kier alpha value is -2.14. The number of aromatic nitrogens is 1. The number of hydrogen-bond donors (Lipinski definition) is 0. The summed E-state index contributed by atoms with van der Waals surface area (Å²) in [6.45, 7) is 2.17. The second-order valence-electron chi connectivity index (χ2n) is 4.25. The second kappa shape index (κ2) is 12.6. The maximum atomic E-state index is 5.38. The van der Waals surface area contributed by atoms with E-state index in [1.807, 2.05) is 18.2 Å². The van der Waals surface area contributed by atoms with Crippen molar-refractivity contribution in [2.24, 2.45) is 20.5 Å². The van der Waals surface area contributed by atoms with Gasteiger partial charge in [-0.25, -0.2) is 0 Å². The highest BCUT2D eigenvalue weighted by atomic mass is 35.5. The predicted octanol–water partition coefficient (Wildman–Crippen LogP) is 5.65. The molecule has 2 aliphatic heterocycles. The van der Waals surface area contributed by atoms with E-state index >= 15 is 0 Å². The van der Waals surface area contributed by atoms with Crippen LogP contribution in [0.3, 0.4) is 0 Å². The molecule has 0 amide bonds. The van der Waals surface area contributed by atoms with Crippen molar-refractivity contribution in [2.75, 3.05) is 5.88 Å². The number of hydrogen-bond acceptors (Lipinski definition) is 5. The summed E-state index contributed by atoms with van der Waals surface area (Å²) < 4.78 is 0. The molecule has 22 heavy (non-hydrogen) atoms. The quantitative estimate of drug-likeness (QED) is 0.524. The van der Waals surface area contributed by atoms with Gasteiger partial charge < -0.3 is 0 Å². The summed E-state index contributed by atoms with van der Waals surface area (Å²) in [7, 11) is 0. The van der Waals surface area contributed by atoms with Crippen LogP contribution in [0.25, 0.3) is 0 Å². The van der Waals surface area contributed by atoms with Crippen LogP contribution in [0.15, 0.2) is 87.0 Å². The van der Waals surface area contributed by atoms with Gasteiger partial charge in [-0.1, -0.05) is 25.8 Å². The fourth-order valence-corrected chi connectivity index (χ4v) is 1.58. The third-order valence-corrected chi connectivity index (χ3v) is 2.76. The highest BCUT2D eigenvalue weighted by Crippen LogP contribution is 2.19. The zero-order valence-electron chi connectivity index (χ0n) is 12.6. The van der Waals surface area contributed by atoms with Crippen LogP contribution in [0.4, 0.5) is 0 Å². The van der Waals surface area contributed by atoms with Gasteiger partial charge in [0, 0.05) is 18.3 Å². The summed E-state index contributed by atoms with van der Waals surface area (Å²) in [5.41, 5.74) is 1.55. The lowest BCUT2D eigenvalue weighted by molar-refractivity contribution is 0.776. The fraction of sp³-hybridized carbons (Fsp3) is 0.312. The molecule has 0 N–H and O–H groups in total. The van der Waals surface area contributed by atoms with Gasteiger partial charge >= 0.3 is 0 Å². The maximum Gasteiger partial charge on any atom is 0.115 e. The van der Waals surface area contributed by atoms with E-state index in [9.17, 15) is 0 Å². The average Bonchev–Trinajstić information content (AvgIpc) is 3.28. The molecule has 0 atom stereocenters. The molecule has 0 spiro atoms. The summed E-state index contributed by atoms with van der Waals surface area (Å²) in [5.74, 6) is 0.827. The van der Waals surface area contributed by atoms with Crippen LogP contribution < -0.4 is 0 Å². The van der Waals surface area contributed by atoms with Crippen molar-refractivity contribution in [3.63, 3.8) is 0 Å². The van der Waals surface area contributed by atoms with Crippen LogP contribution in [0.1, 0.15) is 26.2 Å². The molecule has 116 valence electrons. The Labute approximate surface area is 136 Å². The average molecular weight is 318 g/mol.